The van der Waals surface area contributed by atoms with Gasteiger partial charge in [0, 0.05) is 0 Å². The molecule has 0 radical (unpaired) electrons. The van der Waals surface area contributed by atoms with Crippen LogP contribution in [0.15, 0.2) is 29.2 Å². The van der Waals surface area contributed by atoms with E-state index in [4.69, 9.17) is 23.2 Å². The standard InChI is InChI=1S/C14H12Cl2N2O4S/c1-7-5-8(2)12(9(6-7)14(19)20)18-23(21,22)10-3-4-11(15)17-13(10)16/h3-6,18H,1-2H3,(H,19,20). The number of sulfonamides is 1. The van der Waals surface area contributed by atoms with E-state index in [1.807, 2.05) is 0 Å². The molecule has 6 nitrogen and oxygen atoms in total. The van der Waals surface area contributed by atoms with Crippen LogP contribution < -0.4 is 4.72 Å². The number of rotatable bonds is 4. The number of carbonyl (C=O) groups is 1. The van der Waals surface area contributed by atoms with Gasteiger partial charge in [0.2, 0.25) is 0 Å². The first-order chi connectivity index (χ1) is 10.6. The van der Waals surface area contributed by atoms with Gasteiger partial charge in [0.05, 0.1) is 11.3 Å². The van der Waals surface area contributed by atoms with E-state index < -0.39 is 16.0 Å². The van der Waals surface area contributed by atoms with E-state index in [2.05, 4.69) is 9.71 Å². The van der Waals surface area contributed by atoms with E-state index >= 15 is 0 Å². The number of aromatic carboxylic acids is 1. The highest BCUT2D eigenvalue weighted by Gasteiger charge is 2.23. The largest absolute Gasteiger partial charge is 0.478 e. The number of pyridine rings is 1. The van der Waals surface area contributed by atoms with Crippen molar-refractivity contribution < 1.29 is 18.3 Å². The highest BCUT2D eigenvalue weighted by atomic mass is 35.5. The molecule has 2 rings (SSSR count). The van der Waals surface area contributed by atoms with Crippen LogP contribution in [0.3, 0.4) is 0 Å². The molecule has 0 unspecified atom stereocenters. The van der Waals surface area contributed by atoms with Crippen molar-refractivity contribution in [1.82, 2.24) is 4.98 Å². The normalized spacial score (nSPS) is 11.3. The number of carboxylic acid groups (broad SMARTS) is 1. The summed E-state index contributed by atoms with van der Waals surface area (Å²) in [5.41, 5.74) is 1.01. The Balaban J connectivity index is 2.56. The Morgan fingerprint density at radius 2 is 1.87 bits per heavy atom. The zero-order chi connectivity index (χ0) is 17.4. The molecule has 0 atom stereocenters. The molecule has 0 bridgehead atoms. The Labute approximate surface area is 143 Å². The lowest BCUT2D eigenvalue weighted by atomic mass is 10.0. The summed E-state index contributed by atoms with van der Waals surface area (Å²) in [4.78, 5) is 14.7. The molecule has 2 N–H and O–H groups in total. The molecule has 0 aliphatic heterocycles. The fourth-order valence-corrected chi connectivity index (χ4v) is 3.87. The van der Waals surface area contributed by atoms with Gasteiger partial charge in [0.15, 0.2) is 5.15 Å². The van der Waals surface area contributed by atoms with Gasteiger partial charge in [-0.2, -0.15) is 0 Å². The number of aromatic nitrogens is 1. The summed E-state index contributed by atoms with van der Waals surface area (Å²) < 4.78 is 27.2. The van der Waals surface area contributed by atoms with Gasteiger partial charge in [0.25, 0.3) is 10.0 Å². The van der Waals surface area contributed by atoms with Crippen LogP contribution in [0.2, 0.25) is 10.3 Å². The van der Waals surface area contributed by atoms with Crippen molar-refractivity contribution in [2.45, 2.75) is 18.7 Å². The second-order valence-corrected chi connectivity index (χ2v) is 7.23. The van der Waals surface area contributed by atoms with E-state index in [1.165, 1.54) is 18.2 Å². The Bertz CT molecular complexity index is 898. The minimum absolute atomic E-state index is 0.0193. The SMILES string of the molecule is Cc1cc(C)c(NS(=O)(=O)c2ccc(Cl)nc2Cl)c(C(=O)O)c1. The molecule has 0 aliphatic rings. The third kappa shape index (κ3) is 3.74. The maximum atomic E-state index is 12.5. The van der Waals surface area contributed by atoms with Gasteiger partial charge >= 0.3 is 5.97 Å². The number of halogens is 2. The summed E-state index contributed by atoms with van der Waals surface area (Å²) in [5.74, 6) is -1.24. The van der Waals surface area contributed by atoms with Crippen LogP contribution in [0, 0.1) is 13.8 Å². The maximum Gasteiger partial charge on any atom is 0.337 e. The van der Waals surface area contributed by atoms with Gasteiger partial charge < -0.3 is 5.11 Å². The second-order valence-electron chi connectivity index (χ2n) is 4.84. The van der Waals surface area contributed by atoms with Crippen molar-refractivity contribution in [2.75, 3.05) is 4.72 Å². The van der Waals surface area contributed by atoms with Crippen molar-refractivity contribution in [3.63, 3.8) is 0 Å². The number of hydrogen-bond acceptors (Lipinski definition) is 4. The van der Waals surface area contributed by atoms with E-state index in [-0.39, 0.29) is 26.5 Å². The van der Waals surface area contributed by atoms with Crippen molar-refractivity contribution in [2.24, 2.45) is 0 Å². The van der Waals surface area contributed by atoms with Crippen LogP contribution >= 0.6 is 23.2 Å². The van der Waals surface area contributed by atoms with Crippen molar-refractivity contribution in [3.8, 4) is 0 Å². The average Bonchev–Trinajstić information content (AvgIpc) is 2.40. The molecule has 1 heterocycles. The molecule has 0 amide bonds. The van der Waals surface area contributed by atoms with Crippen LogP contribution in [-0.2, 0) is 10.0 Å². The number of nitrogens with one attached hydrogen (secondary N) is 1. The smallest absolute Gasteiger partial charge is 0.337 e. The van der Waals surface area contributed by atoms with Crippen molar-refractivity contribution in [3.05, 3.63) is 51.3 Å². The van der Waals surface area contributed by atoms with Gasteiger partial charge in [0.1, 0.15) is 10.0 Å². The summed E-state index contributed by atoms with van der Waals surface area (Å²) in [7, 11) is -4.12. The molecule has 0 saturated carbocycles. The molecule has 0 aliphatic carbocycles. The second kappa shape index (κ2) is 6.35. The molecule has 2 aromatic rings. The molecule has 0 fully saturated rings. The van der Waals surface area contributed by atoms with E-state index in [0.717, 1.165) is 0 Å². The first-order valence-corrected chi connectivity index (χ1v) is 8.55. The molecular formula is C14H12Cl2N2O4S. The fourth-order valence-electron chi connectivity index (χ4n) is 2.06. The summed E-state index contributed by atoms with van der Waals surface area (Å²) in [6, 6.07) is 5.53. The van der Waals surface area contributed by atoms with Crippen LogP contribution in [0.5, 0.6) is 0 Å². The third-order valence-electron chi connectivity index (χ3n) is 3.02. The van der Waals surface area contributed by atoms with Gasteiger partial charge in [-0.3, -0.25) is 4.72 Å². The van der Waals surface area contributed by atoms with Gasteiger partial charge in [-0.25, -0.2) is 18.2 Å². The summed E-state index contributed by atoms with van der Waals surface area (Å²) in [6.45, 7) is 3.33. The molecule has 0 spiro atoms. The molecule has 23 heavy (non-hydrogen) atoms. The minimum Gasteiger partial charge on any atom is -0.478 e. The Morgan fingerprint density at radius 1 is 1.22 bits per heavy atom. The maximum absolute atomic E-state index is 12.5. The van der Waals surface area contributed by atoms with Crippen molar-refractivity contribution >= 4 is 44.9 Å². The van der Waals surface area contributed by atoms with Gasteiger partial charge in [-0.15, -0.1) is 0 Å². The molecule has 122 valence electrons. The Hall–Kier alpha value is -1.83. The quantitative estimate of drug-likeness (QED) is 0.798. The third-order valence-corrected chi connectivity index (χ3v) is 5.01. The monoisotopic (exact) mass is 374 g/mol. The number of carboxylic acids is 1. The molecule has 0 saturated heterocycles. The van der Waals surface area contributed by atoms with E-state index in [0.29, 0.717) is 11.1 Å². The van der Waals surface area contributed by atoms with Crippen LogP contribution in [-0.4, -0.2) is 24.5 Å². The van der Waals surface area contributed by atoms with E-state index in [9.17, 15) is 18.3 Å². The number of hydrogen-bond donors (Lipinski definition) is 2. The molecule has 1 aromatic carbocycles. The summed E-state index contributed by atoms with van der Waals surface area (Å²) in [6.07, 6.45) is 0. The number of anilines is 1. The lowest BCUT2D eigenvalue weighted by Crippen LogP contribution is -2.17. The van der Waals surface area contributed by atoms with Crippen LogP contribution in [0.25, 0.3) is 0 Å². The minimum atomic E-state index is -4.12. The zero-order valence-corrected chi connectivity index (χ0v) is 14.4. The lowest BCUT2D eigenvalue weighted by molar-refractivity contribution is 0.0698. The predicted octanol–water partition coefficient (Wildman–Crippen LogP) is 3.50. The highest BCUT2D eigenvalue weighted by Crippen LogP contribution is 2.28. The first-order valence-electron chi connectivity index (χ1n) is 6.31. The number of benzene rings is 1. The van der Waals surface area contributed by atoms with Crippen LogP contribution in [0.1, 0.15) is 21.5 Å². The Kier molecular flexibility index (Phi) is 4.84. The predicted molar refractivity (Wildman–Crippen MR) is 87.9 cm³/mol. The molecular weight excluding hydrogens is 363 g/mol. The van der Waals surface area contributed by atoms with Gasteiger partial charge in [-0.1, -0.05) is 29.3 Å². The Morgan fingerprint density at radius 3 is 2.43 bits per heavy atom. The first kappa shape index (κ1) is 17.5. The zero-order valence-electron chi connectivity index (χ0n) is 12.1. The number of nitrogens with zero attached hydrogens (tertiary/aromatic N) is 1. The fraction of sp³-hybridized carbons (Fsp3) is 0.143. The average molecular weight is 375 g/mol. The van der Waals surface area contributed by atoms with E-state index in [1.54, 1.807) is 19.9 Å². The molecule has 1 aromatic heterocycles. The number of aryl methyl sites for hydroxylation is 2. The summed E-state index contributed by atoms with van der Waals surface area (Å²) in [5, 5.41) is 9.03. The molecule has 9 heteroatoms. The topological polar surface area (TPSA) is 96.4 Å². The van der Waals surface area contributed by atoms with Crippen LogP contribution in [0.4, 0.5) is 5.69 Å². The lowest BCUT2D eigenvalue weighted by Gasteiger charge is -2.14. The summed E-state index contributed by atoms with van der Waals surface area (Å²) >= 11 is 11.5. The van der Waals surface area contributed by atoms with Gasteiger partial charge in [-0.05, 0) is 43.2 Å². The highest BCUT2D eigenvalue weighted by molar-refractivity contribution is 7.92. The van der Waals surface area contributed by atoms with Crippen molar-refractivity contribution in [1.29, 1.82) is 0 Å².